The molecule has 1 aromatic carbocycles. The van der Waals surface area contributed by atoms with Crippen LogP contribution in [-0.4, -0.2) is 5.78 Å². The summed E-state index contributed by atoms with van der Waals surface area (Å²) in [5.74, 6) is 1.39. The Morgan fingerprint density at radius 3 is 2.22 bits per heavy atom. The number of carbonyl (C=O) groups excluding carboxylic acids is 1. The molecule has 0 amide bonds. The molecule has 0 aliphatic heterocycles. The van der Waals surface area contributed by atoms with E-state index in [9.17, 15) is 4.79 Å². The van der Waals surface area contributed by atoms with Crippen LogP contribution >= 0.6 is 0 Å². The fraction of sp³-hybridized carbons (Fsp3) is 0.588. The molecule has 0 bridgehead atoms. The lowest BCUT2D eigenvalue weighted by Gasteiger charge is -2.27. The molecule has 1 saturated carbocycles. The van der Waals surface area contributed by atoms with E-state index in [1.165, 1.54) is 36.8 Å². The van der Waals surface area contributed by atoms with Crippen molar-refractivity contribution in [3.63, 3.8) is 0 Å². The van der Waals surface area contributed by atoms with Gasteiger partial charge in [0.15, 0.2) is 0 Å². The van der Waals surface area contributed by atoms with Gasteiger partial charge in [-0.1, -0.05) is 37.6 Å². The maximum Gasteiger partial charge on any atom is 0.132 e. The van der Waals surface area contributed by atoms with E-state index >= 15 is 0 Å². The third-order valence-corrected chi connectivity index (χ3v) is 4.29. The summed E-state index contributed by atoms with van der Waals surface area (Å²) >= 11 is 0. The molecule has 0 N–H and O–H groups in total. The van der Waals surface area contributed by atoms with Crippen LogP contribution in [0, 0.1) is 5.92 Å². The van der Waals surface area contributed by atoms with Gasteiger partial charge in [0.2, 0.25) is 0 Å². The summed E-state index contributed by atoms with van der Waals surface area (Å²) in [6.07, 6.45) is 6.91. The maximum atomic E-state index is 11.4. The zero-order valence-corrected chi connectivity index (χ0v) is 11.6. The van der Waals surface area contributed by atoms with Crippen LogP contribution in [0.25, 0.3) is 0 Å². The quantitative estimate of drug-likeness (QED) is 0.762. The standard InChI is InChI=1S/C17H24O/c1-3-4-14-5-7-16(8-6-14)17-11-9-15(10-12-17)13(2)18/h5-8,15,17H,3-4,9-12H2,1-2H3. The summed E-state index contributed by atoms with van der Waals surface area (Å²) in [6, 6.07) is 9.14. The first-order valence-electron chi connectivity index (χ1n) is 7.30. The van der Waals surface area contributed by atoms with Crippen molar-refractivity contribution < 1.29 is 4.79 Å². The average molecular weight is 244 g/mol. The van der Waals surface area contributed by atoms with Crippen molar-refractivity contribution in [1.82, 2.24) is 0 Å². The Kier molecular flexibility index (Phi) is 4.57. The normalized spacial score (nSPS) is 23.9. The molecule has 1 heteroatoms. The van der Waals surface area contributed by atoms with Gasteiger partial charge in [-0.15, -0.1) is 0 Å². The SMILES string of the molecule is CCCc1ccc(C2CCC(C(C)=O)CC2)cc1. The molecule has 2 rings (SSSR count). The van der Waals surface area contributed by atoms with Crippen LogP contribution in [0.2, 0.25) is 0 Å². The number of benzene rings is 1. The van der Waals surface area contributed by atoms with Crippen LogP contribution in [-0.2, 0) is 11.2 Å². The van der Waals surface area contributed by atoms with Crippen molar-refractivity contribution >= 4 is 5.78 Å². The molecule has 0 saturated heterocycles. The zero-order valence-electron chi connectivity index (χ0n) is 11.6. The van der Waals surface area contributed by atoms with Crippen LogP contribution in [0.15, 0.2) is 24.3 Å². The number of carbonyl (C=O) groups is 1. The van der Waals surface area contributed by atoms with Gasteiger partial charge in [-0.05, 0) is 56.1 Å². The second-order valence-corrected chi connectivity index (χ2v) is 5.65. The minimum atomic E-state index is 0.334. The van der Waals surface area contributed by atoms with Crippen LogP contribution in [0.3, 0.4) is 0 Å². The van der Waals surface area contributed by atoms with Gasteiger partial charge >= 0.3 is 0 Å². The van der Waals surface area contributed by atoms with E-state index in [4.69, 9.17) is 0 Å². The topological polar surface area (TPSA) is 17.1 Å². The molecule has 1 fully saturated rings. The third-order valence-electron chi connectivity index (χ3n) is 4.29. The summed E-state index contributed by atoms with van der Waals surface area (Å²) in [5, 5.41) is 0. The summed E-state index contributed by atoms with van der Waals surface area (Å²) in [4.78, 5) is 11.4. The van der Waals surface area contributed by atoms with Gasteiger partial charge in [0.25, 0.3) is 0 Å². The molecule has 0 unspecified atom stereocenters. The van der Waals surface area contributed by atoms with Crippen LogP contribution in [0.5, 0.6) is 0 Å². The van der Waals surface area contributed by atoms with Crippen LogP contribution in [0.4, 0.5) is 0 Å². The molecule has 0 atom stereocenters. The first kappa shape index (κ1) is 13.3. The highest BCUT2D eigenvalue weighted by atomic mass is 16.1. The van der Waals surface area contributed by atoms with Crippen molar-refractivity contribution in [3.8, 4) is 0 Å². The van der Waals surface area contributed by atoms with Crippen molar-refractivity contribution in [1.29, 1.82) is 0 Å². The van der Waals surface area contributed by atoms with E-state index < -0.39 is 0 Å². The molecule has 0 spiro atoms. The summed E-state index contributed by atoms with van der Waals surface area (Å²) in [6.45, 7) is 3.96. The Morgan fingerprint density at radius 2 is 1.72 bits per heavy atom. The Labute approximate surface area is 111 Å². The lowest BCUT2D eigenvalue weighted by Crippen LogP contribution is -2.18. The molecular weight excluding hydrogens is 220 g/mol. The Balaban J connectivity index is 1.95. The summed E-state index contributed by atoms with van der Waals surface area (Å²) in [5.41, 5.74) is 2.91. The Morgan fingerprint density at radius 1 is 1.11 bits per heavy atom. The maximum absolute atomic E-state index is 11.4. The molecule has 1 nitrogen and oxygen atoms in total. The second-order valence-electron chi connectivity index (χ2n) is 5.65. The van der Waals surface area contributed by atoms with Crippen LogP contribution in [0.1, 0.15) is 63.0 Å². The van der Waals surface area contributed by atoms with E-state index in [0.717, 1.165) is 12.8 Å². The Bertz CT molecular complexity index is 383. The molecule has 18 heavy (non-hydrogen) atoms. The van der Waals surface area contributed by atoms with Crippen molar-refractivity contribution in [2.45, 2.75) is 58.3 Å². The predicted molar refractivity (Wildman–Crippen MR) is 75.8 cm³/mol. The van der Waals surface area contributed by atoms with Gasteiger partial charge in [0.05, 0.1) is 0 Å². The van der Waals surface area contributed by atoms with Gasteiger partial charge in [-0.2, -0.15) is 0 Å². The van der Waals surface area contributed by atoms with E-state index in [-0.39, 0.29) is 0 Å². The summed E-state index contributed by atoms with van der Waals surface area (Å²) in [7, 11) is 0. The highest BCUT2D eigenvalue weighted by molar-refractivity contribution is 5.78. The first-order valence-corrected chi connectivity index (χ1v) is 7.30. The van der Waals surface area contributed by atoms with Crippen molar-refractivity contribution in [3.05, 3.63) is 35.4 Å². The molecule has 0 radical (unpaired) electrons. The van der Waals surface area contributed by atoms with Gasteiger partial charge in [-0.25, -0.2) is 0 Å². The fourth-order valence-corrected chi connectivity index (χ4v) is 3.08. The Hall–Kier alpha value is -1.11. The van der Waals surface area contributed by atoms with Crippen molar-refractivity contribution in [2.24, 2.45) is 5.92 Å². The van der Waals surface area contributed by atoms with Gasteiger partial charge in [-0.3, -0.25) is 4.79 Å². The van der Waals surface area contributed by atoms with Crippen molar-refractivity contribution in [2.75, 3.05) is 0 Å². The van der Waals surface area contributed by atoms with Crippen LogP contribution < -0.4 is 0 Å². The number of hydrogen-bond donors (Lipinski definition) is 0. The molecule has 1 aliphatic carbocycles. The monoisotopic (exact) mass is 244 g/mol. The van der Waals surface area contributed by atoms with Gasteiger partial charge in [0.1, 0.15) is 5.78 Å². The van der Waals surface area contributed by atoms with E-state index in [0.29, 0.717) is 17.6 Å². The third kappa shape index (κ3) is 3.22. The van der Waals surface area contributed by atoms with Gasteiger partial charge < -0.3 is 0 Å². The lowest BCUT2D eigenvalue weighted by molar-refractivity contribution is -0.121. The molecule has 1 aliphatic rings. The minimum absolute atomic E-state index is 0.334. The molecular formula is C17H24O. The number of rotatable bonds is 4. The number of Topliss-reactive ketones (excluding diaryl/α,β-unsaturated/α-hetero) is 1. The largest absolute Gasteiger partial charge is 0.300 e. The first-order chi connectivity index (χ1) is 8.70. The molecule has 1 aromatic rings. The predicted octanol–water partition coefficient (Wildman–Crippen LogP) is 4.50. The second kappa shape index (κ2) is 6.17. The highest BCUT2D eigenvalue weighted by Crippen LogP contribution is 2.36. The summed E-state index contributed by atoms with van der Waals surface area (Å²) < 4.78 is 0. The minimum Gasteiger partial charge on any atom is -0.300 e. The molecule has 0 aromatic heterocycles. The average Bonchev–Trinajstić information content (AvgIpc) is 2.40. The number of ketones is 1. The number of hydrogen-bond acceptors (Lipinski definition) is 1. The number of aryl methyl sites for hydroxylation is 1. The lowest BCUT2D eigenvalue weighted by atomic mass is 9.77. The highest BCUT2D eigenvalue weighted by Gasteiger charge is 2.24. The van der Waals surface area contributed by atoms with E-state index in [2.05, 4.69) is 31.2 Å². The molecule has 98 valence electrons. The van der Waals surface area contributed by atoms with E-state index in [1.54, 1.807) is 6.92 Å². The fourth-order valence-electron chi connectivity index (χ4n) is 3.08. The van der Waals surface area contributed by atoms with Gasteiger partial charge in [0, 0.05) is 5.92 Å². The molecule has 0 heterocycles. The van der Waals surface area contributed by atoms with E-state index in [1.807, 2.05) is 0 Å². The smallest absolute Gasteiger partial charge is 0.132 e. The zero-order chi connectivity index (χ0) is 13.0.